The molecule has 0 bridgehead atoms. The maximum absolute atomic E-state index is 13.2. The van der Waals surface area contributed by atoms with Crippen LogP contribution in [0.25, 0.3) is 0 Å². The van der Waals surface area contributed by atoms with Crippen molar-refractivity contribution in [2.75, 3.05) is 6.54 Å². The molecule has 1 amide bonds. The van der Waals surface area contributed by atoms with E-state index in [9.17, 15) is 9.18 Å². The lowest BCUT2D eigenvalue weighted by molar-refractivity contribution is -0.114. The Hall–Kier alpha value is -2.70. The van der Waals surface area contributed by atoms with Crippen molar-refractivity contribution >= 4 is 11.6 Å². The van der Waals surface area contributed by atoms with Crippen LogP contribution < -0.4 is 5.32 Å². The molecule has 120 valence electrons. The number of imidazole rings is 1. The molecule has 7 heteroatoms. The van der Waals surface area contributed by atoms with Gasteiger partial charge < -0.3 is 14.7 Å². The number of aryl methyl sites for hydroxylation is 1. The van der Waals surface area contributed by atoms with Crippen molar-refractivity contribution in [3.63, 3.8) is 0 Å². The zero-order valence-corrected chi connectivity index (χ0v) is 12.5. The van der Waals surface area contributed by atoms with Gasteiger partial charge in [-0.25, -0.2) is 9.37 Å². The molecule has 1 aromatic heterocycles. The van der Waals surface area contributed by atoms with Crippen LogP contribution in [0.3, 0.4) is 0 Å². The topological polar surface area (TPSA) is 68.5 Å². The van der Waals surface area contributed by atoms with E-state index in [4.69, 9.17) is 4.84 Å². The number of amides is 1. The fraction of sp³-hybridized carbons (Fsp3) is 0.312. The third kappa shape index (κ3) is 3.94. The van der Waals surface area contributed by atoms with E-state index in [1.54, 1.807) is 24.7 Å². The lowest BCUT2D eigenvalue weighted by Gasteiger charge is -2.08. The van der Waals surface area contributed by atoms with Crippen molar-refractivity contribution < 1.29 is 14.0 Å². The van der Waals surface area contributed by atoms with Crippen molar-refractivity contribution in [1.82, 2.24) is 14.9 Å². The summed E-state index contributed by atoms with van der Waals surface area (Å²) in [6.45, 7) is 1.33. The van der Waals surface area contributed by atoms with Crippen LogP contribution in [0.2, 0.25) is 0 Å². The third-order valence-electron chi connectivity index (χ3n) is 3.59. The molecule has 23 heavy (non-hydrogen) atoms. The van der Waals surface area contributed by atoms with E-state index in [-0.39, 0.29) is 11.7 Å². The highest BCUT2D eigenvalue weighted by molar-refractivity contribution is 6.39. The Morgan fingerprint density at radius 2 is 2.39 bits per heavy atom. The first-order valence-electron chi connectivity index (χ1n) is 7.44. The number of carbonyl (C=O) groups is 1. The molecule has 1 atom stereocenters. The highest BCUT2D eigenvalue weighted by atomic mass is 19.1. The average molecular weight is 316 g/mol. The van der Waals surface area contributed by atoms with Gasteiger partial charge in [0.1, 0.15) is 11.5 Å². The Bertz CT molecular complexity index is 700. The lowest BCUT2D eigenvalue weighted by Crippen LogP contribution is -2.31. The number of benzene rings is 1. The first-order valence-corrected chi connectivity index (χ1v) is 7.44. The van der Waals surface area contributed by atoms with E-state index >= 15 is 0 Å². The van der Waals surface area contributed by atoms with E-state index in [1.165, 1.54) is 12.1 Å². The predicted molar refractivity (Wildman–Crippen MR) is 82.1 cm³/mol. The molecular weight excluding hydrogens is 299 g/mol. The summed E-state index contributed by atoms with van der Waals surface area (Å²) in [4.78, 5) is 21.2. The molecule has 0 aliphatic carbocycles. The summed E-state index contributed by atoms with van der Waals surface area (Å²) < 4.78 is 15.2. The van der Waals surface area contributed by atoms with Gasteiger partial charge in [0, 0.05) is 31.9 Å². The summed E-state index contributed by atoms with van der Waals surface area (Å²) in [7, 11) is 0. The van der Waals surface area contributed by atoms with Crippen molar-refractivity contribution in [3.8, 4) is 0 Å². The van der Waals surface area contributed by atoms with Gasteiger partial charge in [0.2, 0.25) is 0 Å². The Labute approximate surface area is 133 Å². The van der Waals surface area contributed by atoms with Crippen LogP contribution in [0, 0.1) is 5.82 Å². The zero-order valence-electron chi connectivity index (χ0n) is 12.5. The monoisotopic (exact) mass is 316 g/mol. The molecule has 0 saturated carbocycles. The maximum atomic E-state index is 13.2. The minimum absolute atomic E-state index is 0.241. The van der Waals surface area contributed by atoms with Gasteiger partial charge in [-0.2, -0.15) is 0 Å². The normalized spacial score (nSPS) is 16.7. The minimum atomic E-state index is -0.405. The molecule has 0 spiro atoms. The molecule has 1 N–H and O–H groups in total. The Kier molecular flexibility index (Phi) is 4.65. The van der Waals surface area contributed by atoms with Gasteiger partial charge in [-0.05, 0) is 24.1 Å². The zero-order chi connectivity index (χ0) is 16.1. The number of aromatic nitrogens is 2. The summed E-state index contributed by atoms with van der Waals surface area (Å²) in [6, 6.07) is 6.14. The summed E-state index contributed by atoms with van der Waals surface area (Å²) in [6.07, 6.45) is 6.06. The second-order valence-electron chi connectivity index (χ2n) is 5.30. The van der Waals surface area contributed by atoms with Crippen LogP contribution >= 0.6 is 0 Å². The van der Waals surface area contributed by atoms with Gasteiger partial charge in [0.15, 0.2) is 6.10 Å². The van der Waals surface area contributed by atoms with Gasteiger partial charge in [0.25, 0.3) is 5.91 Å². The molecule has 0 radical (unpaired) electrons. The van der Waals surface area contributed by atoms with Crippen LogP contribution in [0.1, 0.15) is 24.5 Å². The summed E-state index contributed by atoms with van der Waals surface area (Å²) in [5.41, 5.74) is 1.01. The second-order valence-corrected chi connectivity index (χ2v) is 5.30. The van der Waals surface area contributed by atoms with Crippen molar-refractivity contribution in [2.24, 2.45) is 5.16 Å². The number of rotatable bonds is 6. The summed E-state index contributed by atoms with van der Waals surface area (Å²) in [5, 5.41) is 6.63. The van der Waals surface area contributed by atoms with Gasteiger partial charge in [0.05, 0.1) is 6.33 Å². The van der Waals surface area contributed by atoms with Crippen molar-refractivity contribution in [3.05, 3.63) is 54.4 Å². The van der Waals surface area contributed by atoms with E-state index in [0.717, 1.165) is 13.0 Å². The first-order chi connectivity index (χ1) is 11.2. The average Bonchev–Trinajstić information content (AvgIpc) is 3.23. The van der Waals surface area contributed by atoms with E-state index in [2.05, 4.69) is 15.5 Å². The summed E-state index contributed by atoms with van der Waals surface area (Å²) >= 11 is 0. The Morgan fingerprint density at radius 3 is 3.17 bits per heavy atom. The molecule has 6 nitrogen and oxygen atoms in total. The van der Waals surface area contributed by atoms with E-state index in [0.29, 0.717) is 24.2 Å². The first kappa shape index (κ1) is 15.2. The van der Waals surface area contributed by atoms with Crippen LogP contribution in [-0.2, 0) is 16.2 Å². The van der Waals surface area contributed by atoms with Crippen LogP contribution in [0.15, 0.2) is 48.1 Å². The fourth-order valence-corrected chi connectivity index (χ4v) is 2.38. The molecule has 2 aromatic rings. The minimum Gasteiger partial charge on any atom is -0.387 e. The number of carbonyl (C=O) groups excluding carboxylic acids is 1. The number of oxime groups is 1. The maximum Gasteiger partial charge on any atom is 0.269 e. The highest BCUT2D eigenvalue weighted by Gasteiger charge is 2.27. The van der Waals surface area contributed by atoms with E-state index in [1.807, 2.05) is 10.8 Å². The van der Waals surface area contributed by atoms with Gasteiger partial charge in [-0.1, -0.05) is 17.3 Å². The number of nitrogens with zero attached hydrogens (tertiary/aromatic N) is 3. The largest absolute Gasteiger partial charge is 0.387 e. The molecule has 1 aliphatic rings. The van der Waals surface area contributed by atoms with Crippen molar-refractivity contribution in [2.45, 2.75) is 25.5 Å². The molecule has 1 unspecified atom stereocenters. The number of nitrogens with one attached hydrogen (secondary N) is 1. The Morgan fingerprint density at radius 1 is 1.48 bits per heavy atom. The number of halogens is 1. The quantitative estimate of drug-likeness (QED) is 0.829. The molecule has 1 aromatic carbocycles. The van der Waals surface area contributed by atoms with Crippen LogP contribution in [0.5, 0.6) is 0 Å². The Balaban J connectivity index is 1.44. The second kappa shape index (κ2) is 7.04. The van der Waals surface area contributed by atoms with Gasteiger partial charge in [-0.3, -0.25) is 4.79 Å². The van der Waals surface area contributed by atoms with E-state index < -0.39 is 6.10 Å². The van der Waals surface area contributed by atoms with Gasteiger partial charge >= 0.3 is 0 Å². The molecule has 1 aliphatic heterocycles. The van der Waals surface area contributed by atoms with Gasteiger partial charge in [-0.15, -0.1) is 0 Å². The SMILES string of the molecule is O=C(NCCCn1ccnc1)C1=NOC(c2cccc(F)c2)C1. The smallest absolute Gasteiger partial charge is 0.269 e. The molecule has 0 saturated heterocycles. The lowest BCUT2D eigenvalue weighted by atomic mass is 10.0. The number of hydrogen-bond donors (Lipinski definition) is 1. The molecular formula is C16H17FN4O2. The predicted octanol–water partition coefficient (Wildman–Crippen LogP) is 2.05. The molecule has 2 heterocycles. The van der Waals surface area contributed by atoms with Crippen molar-refractivity contribution in [1.29, 1.82) is 0 Å². The fourth-order valence-electron chi connectivity index (χ4n) is 2.38. The highest BCUT2D eigenvalue weighted by Crippen LogP contribution is 2.27. The third-order valence-corrected chi connectivity index (χ3v) is 3.59. The van der Waals surface area contributed by atoms with Crippen LogP contribution in [0.4, 0.5) is 4.39 Å². The number of hydrogen-bond acceptors (Lipinski definition) is 4. The van der Waals surface area contributed by atoms with Crippen LogP contribution in [-0.4, -0.2) is 27.7 Å². The summed E-state index contributed by atoms with van der Waals surface area (Å²) in [5.74, 6) is -0.571. The standard InChI is InChI=1S/C16H17FN4O2/c17-13-4-1-3-12(9-13)15-10-14(20-23-15)16(22)19-5-2-7-21-8-6-18-11-21/h1,3-4,6,8-9,11,15H,2,5,7,10H2,(H,19,22). The molecule has 0 fully saturated rings. The molecule has 3 rings (SSSR count).